The number of benzene rings is 6. The summed E-state index contributed by atoms with van der Waals surface area (Å²) in [6, 6.07) is 47.6. The first-order chi connectivity index (χ1) is 26.3. The van der Waals surface area contributed by atoms with Crippen LogP contribution in [-0.4, -0.2) is 22.7 Å². The van der Waals surface area contributed by atoms with Crippen molar-refractivity contribution < 1.29 is 14.4 Å². The van der Waals surface area contributed by atoms with Crippen LogP contribution in [0.5, 0.6) is 0 Å². The third-order valence-electron chi connectivity index (χ3n) is 8.71. The predicted molar refractivity (Wildman–Crippen MR) is 222 cm³/mol. The van der Waals surface area contributed by atoms with E-state index in [9.17, 15) is 14.4 Å². The number of fused-ring (bicyclic) bond motifs is 1. The summed E-state index contributed by atoms with van der Waals surface area (Å²) in [5.41, 5.74) is 5.74. The van der Waals surface area contributed by atoms with Gasteiger partial charge in [-0.1, -0.05) is 121 Å². The summed E-state index contributed by atoms with van der Waals surface area (Å²) in [6.07, 6.45) is 1.69. The summed E-state index contributed by atoms with van der Waals surface area (Å²) in [7, 11) is 0. The average molecular weight is 745 g/mol. The molecule has 266 valence electrons. The van der Waals surface area contributed by atoms with E-state index in [2.05, 4.69) is 28.1 Å². The minimum atomic E-state index is -0.567. The normalized spacial score (nSPS) is 11.9. The summed E-state index contributed by atoms with van der Waals surface area (Å²) >= 11 is 2.85. The first-order valence-corrected chi connectivity index (χ1v) is 19.0. The van der Waals surface area contributed by atoms with Gasteiger partial charge in [0, 0.05) is 26.6 Å². The molecule has 0 saturated heterocycles. The van der Waals surface area contributed by atoms with E-state index in [0.717, 1.165) is 42.9 Å². The number of anilines is 2. The van der Waals surface area contributed by atoms with Crippen LogP contribution in [0.1, 0.15) is 37.2 Å². The molecule has 7 aromatic rings. The Labute approximate surface area is 322 Å². The summed E-state index contributed by atoms with van der Waals surface area (Å²) in [6.45, 7) is 4.05. The van der Waals surface area contributed by atoms with E-state index in [1.165, 1.54) is 28.7 Å². The zero-order chi connectivity index (χ0) is 37.4. The van der Waals surface area contributed by atoms with Gasteiger partial charge in [-0.25, -0.2) is 4.98 Å². The molecule has 9 heteroatoms. The molecule has 7 rings (SSSR count). The smallest absolute Gasteiger partial charge is 0.272 e. The maximum Gasteiger partial charge on any atom is 0.272 e. The number of hydrogen-bond donors (Lipinski definition) is 3. The Morgan fingerprint density at radius 3 is 2.11 bits per heavy atom. The Kier molecular flexibility index (Phi) is 11.1. The molecule has 1 unspecified atom stereocenters. The predicted octanol–water partition coefficient (Wildman–Crippen LogP) is 10.5. The maximum atomic E-state index is 13.9. The number of aromatic nitrogens is 1. The Bertz CT molecular complexity index is 2460. The van der Waals surface area contributed by atoms with E-state index in [1.807, 2.05) is 117 Å². The highest BCUT2D eigenvalue weighted by atomic mass is 32.2. The van der Waals surface area contributed by atoms with E-state index in [-0.39, 0.29) is 11.6 Å². The number of nitrogens with one attached hydrogen (secondary N) is 3. The second-order valence-electron chi connectivity index (χ2n) is 12.6. The van der Waals surface area contributed by atoms with Crippen molar-refractivity contribution >= 4 is 68.5 Å². The zero-order valence-corrected chi connectivity index (χ0v) is 31.2. The van der Waals surface area contributed by atoms with Gasteiger partial charge < -0.3 is 16.0 Å². The first-order valence-electron chi connectivity index (χ1n) is 17.3. The fourth-order valence-corrected chi connectivity index (χ4v) is 7.79. The van der Waals surface area contributed by atoms with Crippen molar-refractivity contribution in [3.8, 4) is 11.3 Å². The van der Waals surface area contributed by atoms with E-state index >= 15 is 0 Å². The van der Waals surface area contributed by atoms with Crippen molar-refractivity contribution in [3.63, 3.8) is 0 Å². The molecule has 0 aliphatic carbocycles. The highest BCUT2D eigenvalue weighted by Gasteiger charge is 2.24. The van der Waals surface area contributed by atoms with Crippen LogP contribution in [0.3, 0.4) is 0 Å². The van der Waals surface area contributed by atoms with E-state index in [4.69, 9.17) is 4.98 Å². The molecule has 0 bridgehead atoms. The van der Waals surface area contributed by atoms with Gasteiger partial charge in [0.05, 0.1) is 5.69 Å². The molecule has 3 N–H and O–H groups in total. The number of carbonyl (C=O) groups excluding carboxylic acids is 3. The molecule has 0 aliphatic heterocycles. The molecule has 0 aliphatic rings. The fraction of sp³-hybridized carbons (Fsp3) is 0.0667. The topological polar surface area (TPSA) is 100 Å². The maximum absolute atomic E-state index is 13.9. The zero-order valence-electron chi connectivity index (χ0n) is 29.6. The third kappa shape index (κ3) is 8.66. The first kappa shape index (κ1) is 36.1. The molecule has 0 spiro atoms. The van der Waals surface area contributed by atoms with Crippen molar-refractivity contribution in [2.24, 2.45) is 0 Å². The molecular formula is C45H36N4O3S2. The van der Waals surface area contributed by atoms with Crippen LogP contribution in [-0.2, 0) is 9.59 Å². The number of carbonyl (C=O) groups is 3. The molecule has 0 saturated carbocycles. The lowest BCUT2D eigenvalue weighted by atomic mass is 10.0. The van der Waals surface area contributed by atoms with Crippen LogP contribution < -0.4 is 16.0 Å². The molecule has 54 heavy (non-hydrogen) atoms. The Hall–Kier alpha value is -6.29. The van der Waals surface area contributed by atoms with Crippen LogP contribution in [0.15, 0.2) is 162 Å². The number of aryl methyl sites for hydroxylation is 2. The van der Waals surface area contributed by atoms with Crippen molar-refractivity contribution in [1.82, 2.24) is 10.3 Å². The summed E-state index contributed by atoms with van der Waals surface area (Å²) in [4.78, 5) is 47.5. The van der Waals surface area contributed by atoms with Crippen LogP contribution >= 0.6 is 23.1 Å². The standard InChI is InChI=1S/C45H36N4O3S2/c1-29-20-22-32(23-21-29)40-30(2)53-45(48-40)49-44(52)41(33-13-5-3-6-14-33)54-37-26-24-36(25-27-37)46-43(51)39(47-42(50)34-15-7-4-8-16-34)28-35-18-11-17-31-12-9-10-19-38(31)35/h3-28,41H,1-2H3,(H,46,51)(H,47,50)(H,48,49,52)/b39-28-. The second kappa shape index (κ2) is 16.6. The minimum Gasteiger partial charge on any atom is -0.321 e. The molecule has 0 fully saturated rings. The highest BCUT2D eigenvalue weighted by Crippen LogP contribution is 2.38. The Morgan fingerprint density at radius 1 is 0.704 bits per heavy atom. The molecule has 1 heterocycles. The van der Waals surface area contributed by atoms with E-state index in [1.54, 1.807) is 42.5 Å². The lowest BCUT2D eigenvalue weighted by Crippen LogP contribution is -2.30. The monoisotopic (exact) mass is 744 g/mol. The van der Waals surface area contributed by atoms with Gasteiger partial charge in [-0.15, -0.1) is 23.1 Å². The van der Waals surface area contributed by atoms with Crippen molar-refractivity contribution in [2.45, 2.75) is 24.0 Å². The number of amides is 3. The molecule has 7 nitrogen and oxygen atoms in total. The number of nitrogens with zero attached hydrogens (tertiary/aromatic N) is 1. The van der Waals surface area contributed by atoms with Gasteiger partial charge in [-0.05, 0) is 78.2 Å². The molecule has 1 aromatic heterocycles. The molecule has 6 aromatic carbocycles. The molecular weight excluding hydrogens is 709 g/mol. The average Bonchev–Trinajstić information content (AvgIpc) is 3.57. The SMILES string of the molecule is Cc1ccc(-c2nc(NC(=O)C(Sc3ccc(NC(=O)/C(=C/c4cccc5ccccc45)NC(=O)c4ccccc4)cc3)c3ccccc3)sc2C)cc1. The third-order valence-corrected chi connectivity index (χ3v) is 10.9. The van der Waals surface area contributed by atoms with Gasteiger partial charge in [-0.2, -0.15) is 0 Å². The summed E-state index contributed by atoms with van der Waals surface area (Å²) in [5, 5.41) is 10.8. The number of thioether (sulfide) groups is 1. The van der Waals surface area contributed by atoms with Gasteiger partial charge in [0.25, 0.3) is 11.8 Å². The molecule has 1 atom stereocenters. The molecule has 3 amide bonds. The van der Waals surface area contributed by atoms with Crippen LogP contribution in [0, 0.1) is 13.8 Å². The Balaban J connectivity index is 1.09. The van der Waals surface area contributed by atoms with E-state index < -0.39 is 17.1 Å². The highest BCUT2D eigenvalue weighted by molar-refractivity contribution is 8.00. The van der Waals surface area contributed by atoms with Crippen LogP contribution in [0.2, 0.25) is 0 Å². The largest absolute Gasteiger partial charge is 0.321 e. The van der Waals surface area contributed by atoms with Gasteiger partial charge in [0.1, 0.15) is 10.9 Å². The van der Waals surface area contributed by atoms with Crippen molar-refractivity contribution in [2.75, 3.05) is 10.6 Å². The second-order valence-corrected chi connectivity index (χ2v) is 15.0. The number of thiazole rings is 1. The number of rotatable bonds is 11. The van der Waals surface area contributed by atoms with Crippen molar-refractivity contribution in [1.29, 1.82) is 0 Å². The van der Waals surface area contributed by atoms with Gasteiger partial charge in [0.15, 0.2) is 5.13 Å². The van der Waals surface area contributed by atoms with Crippen LogP contribution in [0.4, 0.5) is 10.8 Å². The van der Waals surface area contributed by atoms with Crippen molar-refractivity contribution in [3.05, 3.63) is 184 Å². The summed E-state index contributed by atoms with van der Waals surface area (Å²) in [5.74, 6) is -1.06. The van der Waals surface area contributed by atoms with Gasteiger partial charge in [0.2, 0.25) is 5.91 Å². The quantitative estimate of drug-likeness (QED) is 0.0905. The van der Waals surface area contributed by atoms with E-state index in [0.29, 0.717) is 16.4 Å². The lowest BCUT2D eigenvalue weighted by Gasteiger charge is -2.17. The summed E-state index contributed by atoms with van der Waals surface area (Å²) < 4.78 is 0. The fourth-order valence-electron chi connectivity index (χ4n) is 5.93. The minimum absolute atomic E-state index is 0.0995. The molecule has 0 radical (unpaired) electrons. The van der Waals surface area contributed by atoms with Crippen LogP contribution in [0.25, 0.3) is 28.1 Å². The van der Waals surface area contributed by atoms with Gasteiger partial charge in [-0.3, -0.25) is 14.4 Å². The number of hydrogen-bond acceptors (Lipinski definition) is 6. The van der Waals surface area contributed by atoms with Gasteiger partial charge >= 0.3 is 0 Å². The Morgan fingerprint density at radius 2 is 1.37 bits per heavy atom. The lowest BCUT2D eigenvalue weighted by molar-refractivity contribution is -0.116.